The first kappa shape index (κ1) is 15.5. The summed E-state index contributed by atoms with van der Waals surface area (Å²) in [5, 5.41) is 8.09. The number of anilines is 1. The SMILES string of the molecule is C[C@H](NCC(=O)Nc1ccc2oc3ccccc3c2c1)c1ccco1. The molecule has 0 aliphatic heterocycles. The van der Waals surface area contributed by atoms with Crippen LogP contribution in [0.5, 0.6) is 0 Å². The highest BCUT2D eigenvalue weighted by atomic mass is 16.3. The summed E-state index contributed by atoms with van der Waals surface area (Å²) in [5.41, 5.74) is 2.40. The van der Waals surface area contributed by atoms with Crippen LogP contribution in [0.2, 0.25) is 0 Å². The van der Waals surface area contributed by atoms with Gasteiger partial charge in [-0.3, -0.25) is 10.1 Å². The van der Waals surface area contributed by atoms with Gasteiger partial charge in [0.05, 0.1) is 18.8 Å². The molecule has 2 aromatic heterocycles. The number of para-hydroxylation sites is 1. The van der Waals surface area contributed by atoms with Crippen molar-refractivity contribution in [2.45, 2.75) is 13.0 Å². The van der Waals surface area contributed by atoms with Gasteiger partial charge in [-0.2, -0.15) is 0 Å². The first-order chi connectivity index (χ1) is 12.2. The van der Waals surface area contributed by atoms with Crippen molar-refractivity contribution in [3.05, 3.63) is 66.6 Å². The zero-order chi connectivity index (χ0) is 17.2. The van der Waals surface area contributed by atoms with E-state index in [0.717, 1.165) is 33.4 Å². The number of hydrogen-bond donors (Lipinski definition) is 2. The molecule has 0 saturated heterocycles. The van der Waals surface area contributed by atoms with Gasteiger partial charge >= 0.3 is 0 Å². The van der Waals surface area contributed by atoms with E-state index in [1.54, 1.807) is 6.26 Å². The smallest absolute Gasteiger partial charge is 0.238 e. The van der Waals surface area contributed by atoms with E-state index in [0.29, 0.717) is 0 Å². The van der Waals surface area contributed by atoms with Gasteiger partial charge in [0.2, 0.25) is 5.91 Å². The normalized spacial score (nSPS) is 12.5. The Balaban J connectivity index is 1.46. The summed E-state index contributed by atoms with van der Waals surface area (Å²) in [4.78, 5) is 12.2. The molecule has 2 heterocycles. The van der Waals surface area contributed by atoms with Crippen LogP contribution in [0.15, 0.2) is 69.7 Å². The predicted molar refractivity (Wildman–Crippen MR) is 97.5 cm³/mol. The third-order valence-corrected chi connectivity index (χ3v) is 4.20. The average Bonchev–Trinajstić information content (AvgIpc) is 3.27. The summed E-state index contributed by atoms with van der Waals surface area (Å²) in [6.07, 6.45) is 1.62. The molecule has 0 radical (unpaired) electrons. The molecule has 0 unspecified atom stereocenters. The van der Waals surface area contributed by atoms with Crippen molar-refractivity contribution in [2.24, 2.45) is 0 Å². The van der Waals surface area contributed by atoms with Crippen molar-refractivity contribution in [3.63, 3.8) is 0 Å². The standard InChI is InChI=1S/C20H18N2O3/c1-13(17-7-4-10-24-17)21-12-20(23)22-14-8-9-19-16(11-14)15-5-2-3-6-18(15)25-19/h2-11,13,21H,12H2,1H3,(H,22,23)/t13-/m0/s1. The quantitative estimate of drug-likeness (QED) is 0.565. The molecule has 126 valence electrons. The van der Waals surface area contributed by atoms with Gasteiger partial charge in [-0.25, -0.2) is 0 Å². The zero-order valence-electron chi connectivity index (χ0n) is 13.8. The maximum Gasteiger partial charge on any atom is 0.238 e. The monoisotopic (exact) mass is 334 g/mol. The largest absolute Gasteiger partial charge is 0.468 e. The predicted octanol–water partition coefficient (Wildman–Crippen LogP) is 4.47. The number of rotatable bonds is 5. The van der Waals surface area contributed by atoms with Crippen LogP contribution in [0.3, 0.4) is 0 Å². The van der Waals surface area contributed by atoms with E-state index >= 15 is 0 Å². The second-order valence-electron chi connectivity index (χ2n) is 5.98. The fraction of sp³-hybridized carbons (Fsp3) is 0.150. The molecular weight excluding hydrogens is 316 g/mol. The van der Waals surface area contributed by atoms with Crippen LogP contribution < -0.4 is 10.6 Å². The first-order valence-corrected chi connectivity index (χ1v) is 8.18. The Hall–Kier alpha value is -3.05. The minimum atomic E-state index is -0.106. The molecule has 0 spiro atoms. The van der Waals surface area contributed by atoms with Crippen molar-refractivity contribution >= 4 is 33.5 Å². The number of amides is 1. The van der Waals surface area contributed by atoms with E-state index < -0.39 is 0 Å². The van der Waals surface area contributed by atoms with E-state index in [1.807, 2.05) is 61.5 Å². The summed E-state index contributed by atoms with van der Waals surface area (Å²) in [5.74, 6) is 0.699. The van der Waals surface area contributed by atoms with Gasteiger partial charge in [0, 0.05) is 16.5 Å². The molecule has 5 heteroatoms. The Morgan fingerprint density at radius 2 is 1.88 bits per heavy atom. The van der Waals surface area contributed by atoms with E-state index in [9.17, 15) is 4.79 Å². The third kappa shape index (κ3) is 3.14. The summed E-state index contributed by atoms with van der Waals surface area (Å²) < 4.78 is 11.1. The van der Waals surface area contributed by atoms with Gasteiger partial charge in [-0.15, -0.1) is 0 Å². The fourth-order valence-electron chi connectivity index (χ4n) is 2.89. The third-order valence-electron chi connectivity index (χ3n) is 4.20. The van der Waals surface area contributed by atoms with E-state index in [1.165, 1.54) is 0 Å². The number of fused-ring (bicyclic) bond motifs is 3. The Kier molecular flexibility index (Phi) is 3.99. The van der Waals surface area contributed by atoms with Crippen molar-refractivity contribution in [2.75, 3.05) is 11.9 Å². The molecule has 0 bridgehead atoms. The highest BCUT2D eigenvalue weighted by molar-refractivity contribution is 6.07. The first-order valence-electron chi connectivity index (χ1n) is 8.18. The number of carbonyl (C=O) groups is 1. The second-order valence-corrected chi connectivity index (χ2v) is 5.98. The summed E-state index contributed by atoms with van der Waals surface area (Å²) in [6.45, 7) is 2.15. The molecule has 2 aromatic carbocycles. The highest BCUT2D eigenvalue weighted by Crippen LogP contribution is 2.30. The lowest BCUT2D eigenvalue weighted by molar-refractivity contribution is -0.115. The molecule has 25 heavy (non-hydrogen) atoms. The van der Waals surface area contributed by atoms with E-state index in [4.69, 9.17) is 8.83 Å². The lowest BCUT2D eigenvalue weighted by atomic mass is 10.1. The minimum absolute atomic E-state index is 0.0268. The van der Waals surface area contributed by atoms with Crippen molar-refractivity contribution in [1.29, 1.82) is 0 Å². The van der Waals surface area contributed by atoms with Gasteiger partial charge in [-0.1, -0.05) is 18.2 Å². The van der Waals surface area contributed by atoms with Crippen LogP contribution in [0.4, 0.5) is 5.69 Å². The Morgan fingerprint density at radius 3 is 2.72 bits per heavy atom. The minimum Gasteiger partial charge on any atom is -0.468 e. The van der Waals surface area contributed by atoms with Gasteiger partial charge in [0.15, 0.2) is 0 Å². The molecule has 1 amide bonds. The van der Waals surface area contributed by atoms with E-state index in [-0.39, 0.29) is 18.5 Å². The van der Waals surface area contributed by atoms with Gasteiger partial charge in [0.1, 0.15) is 16.9 Å². The summed E-state index contributed by atoms with van der Waals surface area (Å²) >= 11 is 0. The molecule has 4 rings (SSSR count). The number of furan rings is 2. The topological polar surface area (TPSA) is 67.4 Å². The molecular formula is C20H18N2O3. The van der Waals surface area contributed by atoms with Crippen molar-refractivity contribution in [1.82, 2.24) is 5.32 Å². The summed E-state index contributed by atoms with van der Waals surface area (Å²) in [6, 6.07) is 17.2. The van der Waals surface area contributed by atoms with Gasteiger partial charge < -0.3 is 14.2 Å². The highest BCUT2D eigenvalue weighted by Gasteiger charge is 2.11. The molecule has 4 aromatic rings. The van der Waals surface area contributed by atoms with Gasteiger partial charge in [-0.05, 0) is 43.3 Å². The maximum absolute atomic E-state index is 12.2. The molecule has 1 atom stereocenters. The molecule has 0 aliphatic rings. The van der Waals surface area contributed by atoms with Crippen LogP contribution in [-0.4, -0.2) is 12.5 Å². The molecule has 5 nitrogen and oxygen atoms in total. The number of nitrogens with one attached hydrogen (secondary N) is 2. The molecule has 0 fully saturated rings. The maximum atomic E-state index is 12.2. The average molecular weight is 334 g/mol. The van der Waals surface area contributed by atoms with Crippen molar-refractivity contribution in [3.8, 4) is 0 Å². The van der Waals surface area contributed by atoms with Crippen LogP contribution in [0.25, 0.3) is 21.9 Å². The van der Waals surface area contributed by atoms with Gasteiger partial charge in [0.25, 0.3) is 0 Å². The zero-order valence-corrected chi connectivity index (χ0v) is 13.8. The lowest BCUT2D eigenvalue weighted by Crippen LogP contribution is -2.29. The second kappa shape index (κ2) is 6.45. The molecule has 0 aliphatic carbocycles. The molecule has 0 saturated carbocycles. The van der Waals surface area contributed by atoms with Crippen LogP contribution in [0.1, 0.15) is 18.7 Å². The lowest BCUT2D eigenvalue weighted by Gasteiger charge is -2.11. The fourth-order valence-corrected chi connectivity index (χ4v) is 2.89. The summed E-state index contributed by atoms with van der Waals surface area (Å²) in [7, 11) is 0. The number of hydrogen-bond acceptors (Lipinski definition) is 4. The van der Waals surface area contributed by atoms with Crippen LogP contribution in [-0.2, 0) is 4.79 Å². The number of benzene rings is 2. The Labute approximate surface area is 144 Å². The Bertz CT molecular complexity index is 1020. The Morgan fingerprint density at radius 1 is 1.04 bits per heavy atom. The molecule has 2 N–H and O–H groups in total. The van der Waals surface area contributed by atoms with Crippen molar-refractivity contribution < 1.29 is 13.6 Å². The number of carbonyl (C=O) groups excluding carboxylic acids is 1. The van der Waals surface area contributed by atoms with Crippen LogP contribution in [0, 0.1) is 0 Å². The van der Waals surface area contributed by atoms with Crippen LogP contribution >= 0.6 is 0 Å². The van der Waals surface area contributed by atoms with E-state index in [2.05, 4.69) is 10.6 Å².